The molecule has 0 saturated carbocycles. The number of aromatic nitrogens is 2. The molecule has 37 heavy (non-hydrogen) atoms. The molecule has 9 nitrogen and oxygen atoms in total. The van der Waals surface area contributed by atoms with Crippen LogP contribution in [0.4, 0.5) is 4.39 Å². The number of carbonyl (C=O) groups excluding carboxylic acids is 2. The standard InChI is InChI=1S/C27H28FN3O6/c1-14-7-6-8-19(28)21(14)25(32)30-20(27(34)35-5)13-17-9-10-18(24-23(17)36-11-12-37-24)22-26(33)31(4)16(3)15(2)29-22/h6-10,20H,11-13H2,1-5H3,(H,30,32)/t20-/m0/s1. The molecule has 0 radical (unpaired) electrons. The lowest BCUT2D eigenvalue weighted by atomic mass is 9.99. The van der Waals surface area contributed by atoms with Gasteiger partial charge in [-0.25, -0.2) is 14.2 Å². The lowest BCUT2D eigenvalue weighted by Gasteiger charge is -2.25. The molecular weight excluding hydrogens is 481 g/mol. The fourth-order valence-electron chi connectivity index (χ4n) is 4.27. The van der Waals surface area contributed by atoms with E-state index in [-0.39, 0.29) is 36.5 Å². The molecule has 2 heterocycles. The fraction of sp³-hybridized carbons (Fsp3) is 0.333. The average Bonchev–Trinajstić information content (AvgIpc) is 2.89. The molecule has 2 aromatic carbocycles. The van der Waals surface area contributed by atoms with Crippen molar-refractivity contribution in [2.45, 2.75) is 33.2 Å². The number of rotatable bonds is 6. The molecule has 1 aliphatic rings. The zero-order valence-electron chi connectivity index (χ0n) is 21.3. The summed E-state index contributed by atoms with van der Waals surface area (Å²) in [6, 6.07) is 6.53. The Morgan fingerprint density at radius 2 is 1.84 bits per heavy atom. The van der Waals surface area contributed by atoms with Gasteiger partial charge in [0.15, 0.2) is 11.5 Å². The predicted octanol–water partition coefficient (Wildman–Crippen LogP) is 2.80. The Morgan fingerprint density at radius 1 is 1.14 bits per heavy atom. The largest absolute Gasteiger partial charge is 0.486 e. The number of methoxy groups -OCH3 is 1. The molecular formula is C27H28FN3O6. The van der Waals surface area contributed by atoms with Crippen molar-refractivity contribution in [3.8, 4) is 22.8 Å². The Bertz CT molecular complexity index is 1430. The van der Waals surface area contributed by atoms with Crippen LogP contribution in [0.5, 0.6) is 11.5 Å². The van der Waals surface area contributed by atoms with E-state index in [1.54, 1.807) is 32.2 Å². The second kappa shape index (κ2) is 10.4. The number of nitrogens with zero attached hydrogens (tertiary/aromatic N) is 2. The molecule has 1 aromatic heterocycles. The molecule has 1 aliphatic heterocycles. The van der Waals surface area contributed by atoms with E-state index < -0.39 is 23.7 Å². The van der Waals surface area contributed by atoms with Crippen LogP contribution >= 0.6 is 0 Å². The molecule has 1 atom stereocenters. The molecule has 0 unspecified atom stereocenters. The number of benzene rings is 2. The summed E-state index contributed by atoms with van der Waals surface area (Å²) in [5.74, 6) is -1.47. The Kier molecular flexibility index (Phi) is 7.28. The van der Waals surface area contributed by atoms with E-state index >= 15 is 0 Å². The number of aryl methyl sites for hydroxylation is 2. The van der Waals surface area contributed by atoms with Gasteiger partial charge in [0.1, 0.15) is 30.8 Å². The topological polar surface area (TPSA) is 109 Å². The van der Waals surface area contributed by atoms with Crippen molar-refractivity contribution in [2.24, 2.45) is 7.05 Å². The summed E-state index contributed by atoms with van der Waals surface area (Å²) >= 11 is 0. The molecule has 0 fully saturated rings. The third kappa shape index (κ3) is 4.91. The Labute approximate surface area is 213 Å². The summed E-state index contributed by atoms with van der Waals surface area (Å²) in [6.45, 7) is 5.76. The first-order chi connectivity index (χ1) is 17.6. The van der Waals surface area contributed by atoms with Crippen LogP contribution in [-0.2, 0) is 23.0 Å². The third-order valence-electron chi connectivity index (χ3n) is 6.50. The lowest BCUT2D eigenvalue weighted by Crippen LogP contribution is -2.43. The van der Waals surface area contributed by atoms with Crippen molar-refractivity contribution < 1.29 is 28.2 Å². The van der Waals surface area contributed by atoms with E-state index in [4.69, 9.17) is 14.2 Å². The highest BCUT2D eigenvalue weighted by atomic mass is 19.1. The van der Waals surface area contributed by atoms with Crippen LogP contribution in [0.15, 0.2) is 35.1 Å². The van der Waals surface area contributed by atoms with Crippen LogP contribution in [0.3, 0.4) is 0 Å². The molecule has 1 N–H and O–H groups in total. The van der Waals surface area contributed by atoms with Gasteiger partial charge in [0, 0.05) is 24.7 Å². The summed E-state index contributed by atoms with van der Waals surface area (Å²) in [5, 5.41) is 2.58. The van der Waals surface area contributed by atoms with Crippen molar-refractivity contribution >= 4 is 11.9 Å². The smallest absolute Gasteiger partial charge is 0.328 e. The van der Waals surface area contributed by atoms with Gasteiger partial charge in [-0.15, -0.1) is 0 Å². The van der Waals surface area contributed by atoms with E-state index in [9.17, 15) is 18.8 Å². The van der Waals surface area contributed by atoms with Gasteiger partial charge < -0.3 is 24.1 Å². The van der Waals surface area contributed by atoms with Crippen molar-refractivity contribution in [1.82, 2.24) is 14.9 Å². The summed E-state index contributed by atoms with van der Waals surface area (Å²) < 4.78 is 32.6. The normalized spacial score (nSPS) is 13.1. The molecule has 1 amide bonds. The highest BCUT2D eigenvalue weighted by molar-refractivity contribution is 5.98. The number of hydrogen-bond donors (Lipinski definition) is 1. The summed E-state index contributed by atoms with van der Waals surface area (Å²) in [5.41, 5.74) is 2.66. The number of hydrogen-bond acceptors (Lipinski definition) is 7. The van der Waals surface area contributed by atoms with Crippen molar-refractivity contribution in [2.75, 3.05) is 20.3 Å². The Hall–Kier alpha value is -4.21. The van der Waals surface area contributed by atoms with Crippen molar-refractivity contribution in [3.05, 3.63) is 74.6 Å². The van der Waals surface area contributed by atoms with E-state index in [1.165, 1.54) is 23.8 Å². The number of fused-ring (bicyclic) bond motifs is 1. The highest BCUT2D eigenvalue weighted by Crippen LogP contribution is 2.42. The highest BCUT2D eigenvalue weighted by Gasteiger charge is 2.29. The van der Waals surface area contributed by atoms with Crippen LogP contribution in [0.25, 0.3) is 11.3 Å². The number of esters is 1. The second-order valence-electron chi connectivity index (χ2n) is 8.81. The van der Waals surface area contributed by atoms with Gasteiger partial charge in [-0.3, -0.25) is 9.59 Å². The number of ether oxygens (including phenoxy) is 3. The van der Waals surface area contributed by atoms with Gasteiger partial charge in [-0.2, -0.15) is 0 Å². The maximum absolute atomic E-state index is 14.4. The van der Waals surface area contributed by atoms with Gasteiger partial charge >= 0.3 is 5.97 Å². The first-order valence-corrected chi connectivity index (χ1v) is 11.7. The molecule has 3 aromatic rings. The minimum atomic E-state index is -1.13. The van der Waals surface area contributed by atoms with Crippen LogP contribution in [0.2, 0.25) is 0 Å². The maximum Gasteiger partial charge on any atom is 0.328 e. The average molecular weight is 510 g/mol. The van der Waals surface area contributed by atoms with E-state index in [0.29, 0.717) is 33.9 Å². The predicted molar refractivity (Wildman–Crippen MR) is 133 cm³/mol. The SMILES string of the molecule is COC(=O)[C@H](Cc1ccc(-c2nc(C)c(C)n(C)c2=O)c2c1OCCO2)NC(=O)c1c(C)cccc1F. The number of nitrogens with one attached hydrogen (secondary N) is 1. The van der Waals surface area contributed by atoms with Gasteiger partial charge in [-0.05, 0) is 38.5 Å². The van der Waals surface area contributed by atoms with Gasteiger partial charge in [0.25, 0.3) is 11.5 Å². The summed E-state index contributed by atoms with van der Waals surface area (Å²) in [6.07, 6.45) is -0.0176. The zero-order valence-corrected chi connectivity index (χ0v) is 21.3. The van der Waals surface area contributed by atoms with Gasteiger partial charge in [0.2, 0.25) is 0 Å². The Morgan fingerprint density at radius 3 is 2.51 bits per heavy atom. The van der Waals surface area contributed by atoms with Gasteiger partial charge in [0.05, 0.1) is 23.9 Å². The summed E-state index contributed by atoms with van der Waals surface area (Å²) in [7, 11) is 2.88. The molecule has 0 spiro atoms. The second-order valence-corrected chi connectivity index (χ2v) is 8.81. The molecule has 0 aliphatic carbocycles. The van der Waals surface area contributed by atoms with E-state index in [2.05, 4.69) is 10.3 Å². The number of halogens is 1. The minimum Gasteiger partial charge on any atom is -0.486 e. The molecule has 0 bridgehead atoms. The monoisotopic (exact) mass is 509 g/mol. The molecule has 194 valence electrons. The van der Waals surface area contributed by atoms with Crippen molar-refractivity contribution in [3.63, 3.8) is 0 Å². The van der Waals surface area contributed by atoms with Crippen LogP contribution < -0.4 is 20.3 Å². The summed E-state index contributed by atoms with van der Waals surface area (Å²) in [4.78, 5) is 43.0. The van der Waals surface area contributed by atoms with E-state index in [0.717, 1.165) is 5.69 Å². The number of amides is 1. The van der Waals surface area contributed by atoms with Gasteiger partial charge in [-0.1, -0.05) is 18.2 Å². The first kappa shape index (κ1) is 25.9. The van der Waals surface area contributed by atoms with Crippen molar-refractivity contribution in [1.29, 1.82) is 0 Å². The minimum absolute atomic E-state index is 0.0176. The molecule has 10 heteroatoms. The first-order valence-electron chi connectivity index (χ1n) is 11.7. The van der Waals surface area contributed by atoms with Crippen LogP contribution in [0.1, 0.15) is 32.9 Å². The third-order valence-corrected chi connectivity index (χ3v) is 6.50. The molecule has 0 saturated heterocycles. The Balaban J connectivity index is 1.73. The van der Waals surface area contributed by atoms with Crippen LogP contribution in [0, 0.1) is 26.6 Å². The quantitative estimate of drug-likeness (QED) is 0.509. The number of carbonyl (C=O) groups is 2. The molecule has 4 rings (SSSR count). The maximum atomic E-state index is 14.4. The van der Waals surface area contributed by atoms with Crippen LogP contribution in [-0.4, -0.2) is 47.8 Å². The zero-order chi connectivity index (χ0) is 26.9. The van der Waals surface area contributed by atoms with E-state index in [1.807, 2.05) is 13.8 Å². The fourth-order valence-corrected chi connectivity index (χ4v) is 4.27. The lowest BCUT2D eigenvalue weighted by molar-refractivity contribution is -0.142.